The third-order valence-corrected chi connectivity index (χ3v) is 3.78. The number of nitrogen functional groups attached to an aromatic ring is 2. The molecule has 0 aliphatic rings. The number of aryl methyl sites for hydroxylation is 2. The molecular formula is C15H21FN4S. The molecule has 0 radical (unpaired) electrons. The number of nitrogens with two attached hydrogens (primary N) is 2. The molecule has 0 fully saturated rings. The normalized spacial score (nSPS) is 9.90. The van der Waals surface area contributed by atoms with Gasteiger partial charge in [-0.2, -0.15) is 4.39 Å². The maximum absolute atomic E-state index is 12.2. The van der Waals surface area contributed by atoms with Gasteiger partial charge in [-0.25, -0.2) is 9.97 Å². The zero-order valence-electron chi connectivity index (χ0n) is 12.6. The number of nitrogens with zero attached hydrogens (tertiary/aromatic N) is 2. The Kier molecular flexibility index (Phi) is 6.94. The van der Waals surface area contributed by atoms with E-state index in [0.29, 0.717) is 11.4 Å². The first-order chi connectivity index (χ1) is 9.93. The molecule has 2 rings (SSSR count). The first kappa shape index (κ1) is 17.2. The summed E-state index contributed by atoms with van der Waals surface area (Å²) in [6, 6.07) is 6.63. The Balaban J connectivity index is 0.000000219. The molecule has 0 aliphatic heterocycles. The zero-order chi connectivity index (χ0) is 15.8. The Morgan fingerprint density at radius 2 is 1.57 bits per heavy atom. The number of aromatic nitrogens is 2. The molecule has 4 nitrogen and oxygen atoms in total. The van der Waals surface area contributed by atoms with E-state index in [4.69, 9.17) is 11.5 Å². The number of halogens is 1. The van der Waals surface area contributed by atoms with Crippen LogP contribution in [0.2, 0.25) is 0 Å². The van der Waals surface area contributed by atoms with Gasteiger partial charge in [-0.15, -0.1) is 11.8 Å². The average molecular weight is 308 g/mol. The second-order valence-corrected chi connectivity index (χ2v) is 5.60. The number of thioether (sulfide) groups is 1. The highest BCUT2D eigenvalue weighted by atomic mass is 32.2. The van der Waals surface area contributed by atoms with Crippen molar-refractivity contribution in [3.05, 3.63) is 41.6 Å². The molecule has 2 heterocycles. The van der Waals surface area contributed by atoms with Crippen LogP contribution >= 0.6 is 11.8 Å². The van der Waals surface area contributed by atoms with Crippen LogP contribution in [-0.4, -0.2) is 15.7 Å². The fourth-order valence-corrected chi connectivity index (χ4v) is 2.16. The lowest BCUT2D eigenvalue weighted by molar-refractivity contribution is 0.580. The minimum atomic E-state index is -0.485. The van der Waals surface area contributed by atoms with Gasteiger partial charge in [0.15, 0.2) is 0 Å². The molecule has 0 aromatic carbocycles. The smallest absolute Gasteiger partial charge is 0.213 e. The van der Waals surface area contributed by atoms with E-state index in [9.17, 15) is 4.39 Å². The summed E-state index contributed by atoms with van der Waals surface area (Å²) < 4.78 is 12.2. The summed E-state index contributed by atoms with van der Waals surface area (Å²) in [5.74, 6) is 0.637. The van der Waals surface area contributed by atoms with Crippen molar-refractivity contribution in [2.75, 3.05) is 17.2 Å². The fraction of sp³-hybridized carbons (Fsp3) is 0.333. The summed E-state index contributed by atoms with van der Waals surface area (Å²) in [6.45, 7) is 5.76. The molecule has 21 heavy (non-hydrogen) atoms. The minimum absolute atomic E-state index is 0.485. The van der Waals surface area contributed by atoms with Gasteiger partial charge in [0, 0.05) is 0 Å². The molecule has 4 N–H and O–H groups in total. The Morgan fingerprint density at radius 3 is 2.05 bits per heavy atom. The van der Waals surface area contributed by atoms with E-state index in [0.717, 1.165) is 22.2 Å². The lowest BCUT2D eigenvalue weighted by Gasteiger charge is -2.02. The SMILES string of the molecule is CCCSc1ccc(N)c(C)n1.Cc1nc(F)ccc1N. The summed E-state index contributed by atoms with van der Waals surface area (Å²) in [5, 5.41) is 1.07. The molecule has 6 heteroatoms. The first-order valence-electron chi connectivity index (χ1n) is 6.68. The number of hydrogen-bond donors (Lipinski definition) is 2. The van der Waals surface area contributed by atoms with Crippen LogP contribution < -0.4 is 11.5 Å². The van der Waals surface area contributed by atoms with E-state index in [1.165, 1.54) is 18.6 Å². The van der Waals surface area contributed by atoms with E-state index in [1.54, 1.807) is 18.7 Å². The number of rotatable bonds is 3. The standard InChI is InChI=1S/C9H14N2S.C6H7FN2/c1-3-6-12-9-5-4-8(10)7(2)11-9;1-4-5(8)2-3-6(7)9-4/h4-5H,3,6,10H2,1-2H3;2-3H,8H2,1H3. The molecule has 0 saturated heterocycles. The van der Waals surface area contributed by atoms with Gasteiger partial charge in [0.25, 0.3) is 0 Å². The average Bonchev–Trinajstić information content (AvgIpc) is 2.45. The van der Waals surface area contributed by atoms with Crippen molar-refractivity contribution < 1.29 is 4.39 Å². The van der Waals surface area contributed by atoms with E-state index in [1.807, 2.05) is 19.1 Å². The highest BCUT2D eigenvalue weighted by Gasteiger charge is 1.97. The molecule has 0 atom stereocenters. The Bertz CT molecular complexity index is 590. The second kappa shape index (κ2) is 8.46. The number of pyridine rings is 2. The molecule has 0 amide bonds. The van der Waals surface area contributed by atoms with Crippen molar-refractivity contribution in [2.24, 2.45) is 0 Å². The lowest BCUT2D eigenvalue weighted by Crippen LogP contribution is -1.93. The van der Waals surface area contributed by atoms with E-state index in [2.05, 4.69) is 16.9 Å². The molecule has 0 unspecified atom stereocenters. The maximum Gasteiger partial charge on any atom is 0.213 e. The highest BCUT2D eigenvalue weighted by Crippen LogP contribution is 2.18. The van der Waals surface area contributed by atoms with Gasteiger partial charge in [0.05, 0.1) is 27.8 Å². The molecule has 0 saturated carbocycles. The van der Waals surface area contributed by atoms with Crippen molar-refractivity contribution in [1.82, 2.24) is 9.97 Å². The Hall–Kier alpha value is -1.82. The van der Waals surface area contributed by atoms with Gasteiger partial charge in [-0.1, -0.05) is 6.92 Å². The van der Waals surface area contributed by atoms with Crippen molar-refractivity contribution in [3.8, 4) is 0 Å². The van der Waals surface area contributed by atoms with E-state index < -0.39 is 5.95 Å². The Morgan fingerprint density at radius 1 is 1.00 bits per heavy atom. The summed E-state index contributed by atoms with van der Waals surface area (Å²) >= 11 is 1.78. The fourth-order valence-electron chi connectivity index (χ4n) is 1.38. The summed E-state index contributed by atoms with van der Waals surface area (Å²) in [7, 11) is 0. The quantitative estimate of drug-likeness (QED) is 0.669. The van der Waals surface area contributed by atoms with Gasteiger partial charge in [-0.05, 0) is 50.3 Å². The van der Waals surface area contributed by atoms with E-state index in [-0.39, 0.29) is 0 Å². The summed E-state index contributed by atoms with van der Waals surface area (Å²) in [5.41, 5.74) is 13.8. The molecular weight excluding hydrogens is 287 g/mol. The summed E-state index contributed by atoms with van der Waals surface area (Å²) in [6.07, 6.45) is 1.18. The van der Waals surface area contributed by atoms with Gasteiger partial charge in [0.2, 0.25) is 5.95 Å². The monoisotopic (exact) mass is 308 g/mol. The molecule has 0 spiro atoms. The molecule has 2 aromatic rings. The van der Waals surface area contributed by atoms with Crippen LogP contribution in [0.4, 0.5) is 15.8 Å². The highest BCUT2D eigenvalue weighted by molar-refractivity contribution is 7.99. The number of anilines is 2. The lowest BCUT2D eigenvalue weighted by atomic mass is 10.3. The van der Waals surface area contributed by atoms with Crippen LogP contribution in [0.1, 0.15) is 24.7 Å². The predicted octanol–water partition coefficient (Wildman–Crippen LogP) is 3.59. The van der Waals surface area contributed by atoms with Crippen LogP contribution in [-0.2, 0) is 0 Å². The molecule has 114 valence electrons. The zero-order valence-corrected chi connectivity index (χ0v) is 13.4. The topological polar surface area (TPSA) is 77.8 Å². The van der Waals surface area contributed by atoms with Crippen molar-refractivity contribution >= 4 is 23.1 Å². The Labute approximate surface area is 129 Å². The van der Waals surface area contributed by atoms with E-state index >= 15 is 0 Å². The summed E-state index contributed by atoms with van der Waals surface area (Å²) in [4.78, 5) is 7.83. The van der Waals surface area contributed by atoms with Crippen LogP contribution in [0.5, 0.6) is 0 Å². The molecule has 0 bridgehead atoms. The first-order valence-corrected chi connectivity index (χ1v) is 7.67. The van der Waals surface area contributed by atoms with Gasteiger partial charge in [0.1, 0.15) is 0 Å². The van der Waals surface area contributed by atoms with Crippen LogP contribution in [0.3, 0.4) is 0 Å². The van der Waals surface area contributed by atoms with Crippen molar-refractivity contribution in [2.45, 2.75) is 32.2 Å². The van der Waals surface area contributed by atoms with Crippen molar-refractivity contribution in [3.63, 3.8) is 0 Å². The van der Waals surface area contributed by atoms with Crippen LogP contribution in [0.15, 0.2) is 29.3 Å². The van der Waals surface area contributed by atoms with Gasteiger partial charge in [-0.3, -0.25) is 0 Å². The van der Waals surface area contributed by atoms with Crippen molar-refractivity contribution in [1.29, 1.82) is 0 Å². The van der Waals surface area contributed by atoms with Crippen LogP contribution in [0.25, 0.3) is 0 Å². The van der Waals surface area contributed by atoms with Crippen LogP contribution in [0, 0.1) is 19.8 Å². The third-order valence-electron chi connectivity index (χ3n) is 2.65. The van der Waals surface area contributed by atoms with Gasteiger partial charge >= 0.3 is 0 Å². The second-order valence-electron chi connectivity index (χ2n) is 4.48. The van der Waals surface area contributed by atoms with Gasteiger partial charge < -0.3 is 11.5 Å². The predicted molar refractivity (Wildman–Crippen MR) is 87.7 cm³/mol. The maximum atomic E-state index is 12.2. The number of hydrogen-bond acceptors (Lipinski definition) is 5. The molecule has 0 aliphatic carbocycles. The molecule has 2 aromatic heterocycles. The minimum Gasteiger partial charge on any atom is -0.397 e. The third kappa shape index (κ3) is 5.99. The largest absolute Gasteiger partial charge is 0.397 e.